The summed E-state index contributed by atoms with van der Waals surface area (Å²) in [6.07, 6.45) is 3.88. The molecule has 9 heteroatoms. The molecule has 0 saturated carbocycles. The van der Waals surface area contributed by atoms with Crippen LogP contribution in [0.25, 0.3) is 11.5 Å². The molecule has 1 amide bonds. The summed E-state index contributed by atoms with van der Waals surface area (Å²) >= 11 is 0. The second-order valence-electron chi connectivity index (χ2n) is 7.60. The number of furan rings is 1. The van der Waals surface area contributed by atoms with Gasteiger partial charge in [-0.15, -0.1) is 0 Å². The molecule has 0 aliphatic carbocycles. The molecule has 0 radical (unpaired) electrons. The summed E-state index contributed by atoms with van der Waals surface area (Å²) in [5.41, 5.74) is 2.58. The van der Waals surface area contributed by atoms with Crippen molar-refractivity contribution in [2.75, 3.05) is 28.6 Å². The molecule has 2 N–H and O–H groups in total. The molecule has 4 heterocycles. The van der Waals surface area contributed by atoms with Gasteiger partial charge < -0.3 is 24.5 Å². The molecule has 4 aromatic rings. The zero-order valence-corrected chi connectivity index (χ0v) is 17.5. The molecule has 1 aromatic carbocycles. The largest absolute Gasteiger partial charge is 0.461 e. The standard InChI is InChI=1S/C23H22N6O3/c1-15-13-21(27-23(24-15)29-10-2-3-11-29)25-16-6-8-17(9-7-16)26-22(30)18-14-20(32-28-18)19-5-4-12-31-19/h4-9,12-14H,2-3,10-11H2,1H3,(H,26,30)(H,24,25,27). The summed E-state index contributed by atoms with van der Waals surface area (Å²) in [6, 6.07) is 14.3. The Morgan fingerprint density at radius 1 is 1.00 bits per heavy atom. The van der Waals surface area contributed by atoms with E-state index in [4.69, 9.17) is 8.94 Å². The first-order valence-corrected chi connectivity index (χ1v) is 10.4. The van der Waals surface area contributed by atoms with E-state index in [9.17, 15) is 4.79 Å². The van der Waals surface area contributed by atoms with Crippen LogP contribution in [0.4, 0.5) is 23.1 Å². The fourth-order valence-corrected chi connectivity index (χ4v) is 3.57. The fourth-order valence-electron chi connectivity index (χ4n) is 3.57. The Balaban J connectivity index is 1.24. The Hall–Kier alpha value is -4.14. The maximum absolute atomic E-state index is 12.5. The topological polar surface area (TPSA) is 109 Å². The molecule has 0 bridgehead atoms. The van der Waals surface area contributed by atoms with Gasteiger partial charge in [0, 0.05) is 42.3 Å². The number of aryl methyl sites for hydroxylation is 1. The first-order valence-electron chi connectivity index (χ1n) is 10.4. The molecule has 5 rings (SSSR count). The average Bonchev–Trinajstić information content (AvgIpc) is 3.57. The van der Waals surface area contributed by atoms with Crippen molar-refractivity contribution in [1.29, 1.82) is 0 Å². The molecule has 32 heavy (non-hydrogen) atoms. The Bertz CT molecular complexity index is 1210. The van der Waals surface area contributed by atoms with Crippen LogP contribution in [-0.2, 0) is 0 Å². The molecule has 0 spiro atoms. The van der Waals surface area contributed by atoms with E-state index in [0.717, 1.165) is 36.2 Å². The van der Waals surface area contributed by atoms with Crippen molar-refractivity contribution in [3.63, 3.8) is 0 Å². The van der Waals surface area contributed by atoms with Gasteiger partial charge in [0.05, 0.1) is 6.26 Å². The number of carbonyl (C=O) groups excluding carboxylic acids is 1. The normalized spacial score (nSPS) is 13.3. The number of carbonyl (C=O) groups is 1. The van der Waals surface area contributed by atoms with Gasteiger partial charge in [-0.1, -0.05) is 5.16 Å². The third kappa shape index (κ3) is 4.31. The second kappa shape index (κ2) is 8.54. The third-order valence-corrected chi connectivity index (χ3v) is 5.15. The van der Waals surface area contributed by atoms with Crippen molar-refractivity contribution in [1.82, 2.24) is 15.1 Å². The summed E-state index contributed by atoms with van der Waals surface area (Å²) in [7, 11) is 0. The van der Waals surface area contributed by atoms with Gasteiger partial charge in [-0.3, -0.25) is 4.79 Å². The minimum Gasteiger partial charge on any atom is -0.461 e. The van der Waals surface area contributed by atoms with Gasteiger partial charge in [0.15, 0.2) is 11.5 Å². The van der Waals surface area contributed by atoms with E-state index in [1.54, 1.807) is 18.2 Å². The fraction of sp³-hybridized carbons (Fsp3) is 0.217. The zero-order chi connectivity index (χ0) is 21.9. The quantitative estimate of drug-likeness (QED) is 0.456. The summed E-state index contributed by atoms with van der Waals surface area (Å²) in [6.45, 7) is 3.95. The summed E-state index contributed by atoms with van der Waals surface area (Å²) < 4.78 is 10.4. The van der Waals surface area contributed by atoms with Gasteiger partial charge in [-0.2, -0.15) is 4.98 Å². The van der Waals surface area contributed by atoms with Crippen LogP contribution in [0.15, 0.2) is 63.7 Å². The van der Waals surface area contributed by atoms with E-state index in [0.29, 0.717) is 17.2 Å². The number of nitrogens with one attached hydrogen (secondary N) is 2. The van der Waals surface area contributed by atoms with Crippen LogP contribution in [0.2, 0.25) is 0 Å². The first-order chi connectivity index (χ1) is 15.6. The molecule has 1 saturated heterocycles. The highest BCUT2D eigenvalue weighted by molar-refractivity contribution is 6.03. The van der Waals surface area contributed by atoms with Crippen LogP contribution in [-0.4, -0.2) is 34.1 Å². The minimum absolute atomic E-state index is 0.171. The monoisotopic (exact) mass is 430 g/mol. The Labute approximate surface area is 184 Å². The number of nitrogens with zero attached hydrogens (tertiary/aromatic N) is 4. The van der Waals surface area contributed by atoms with Crippen LogP contribution in [0, 0.1) is 6.92 Å². The lowest BCUT2D eigenvalue weighted by molar-refractivity contribution is 0.101. The Morgan fingerprint density at radius 3 is 2.53 bits per heavy atom. The number of benzene rings is 1. The molecule has 1 aliphatic heterocycles. The van der Waals surface area contributed by atoms with Crippen LogP contribution in [0.5, 0.6) is 0 Å². The molecule has 3 aromatic heterocycles. The van der Waals surface area contributed by atoms with E-state index >= 15 is 0 Å². The maximum Gasteiger partial charge on any atom is 0.277 e. The smallest absolute Gasteiger partial charge is 0.277 e. The van der Waals surface area contributed by atoms with Crippen molar-refractivity contribution in [3.8, 4) is 11.5 Å². The van der Waals surface area contributed by atoms with Crippen molar-refractivity contribution in [2.24, 2.45) is 0 Å². The van der Waals surface area contributed by atoms with Gasteiger partial charge in [0.1, 0.15) is 5.82 Å². The van der Waals surface area contributed by atoms with Gasteiger partial charge >= 0.3 is 0 Å². The molecule has 162 valence electrons. The van der Waals surface area contributed by atoms with E-state index < -0.39 is 0 Å². The van der Waals surface area contributed by atoms with Crippen molar-refractivity contribution < 1.29 is 13.7 Å². The number of amides is 1. The number of hydrogen-bond donors (Lipinski definition) is 2. The lowest BCUT2D eigenvalue weighted by atomic mass is 10.2. The van der Waals surface area contributed by atoms with Crippen molar-refractivity contribution >= 4 is 29.0 Å². The second-order valence-corrected chi connectivity index (χ2v) is 7.60. The molecule has 9 nitrogen and oxygen atoms in total. The summed E-state index contributed by atoms with van der Waals surface area (Å²) in [4.78, 5) is 23.9. The number of anilines is 4. The molecule has 0 atom stereocenters. The van der Waals surface area contributed by atoms with E-state index in [1.165, 1.54) is 19.1 Å². The number of rotatable bonds is 6. The van der Waals surface area contributed by atoms with Gasteiger partial charge in [0.25, 0.3) is 5.91 Å². The van der Waals surface area contributed by atoms with Crippen molar-refractivity contribution in [3.05, 3.63) is 66.2 Å². The van der Waals surface area contributed by atoms with Crippen LogP contribution >= 0.6 is 0 Å². The predicted octanol–water partition coefficient (Wildman–Crippen LogP) is 4.63. The van der Waals surface area contributed by atoms with E-state index in [-0.39, 0.29) is 11.6 Å². The highest BCUT2D eigenvalue weighted by Gasteiger charge is 2.17. The van der Waals surface area contributed by atoms with E-state index in [2.05, 4.69) is 30.7 Å². The van der Waals surface area contributed by atoms with Crippen molar-refractivity contribution in [2.45, 2.75) is 19.8 Å². The molecular formula is C23H22N6O3. The first kappa shape index (κ1) is 19.8. The maximum atomic E-state index is 12.5. The van der Waals surface area contributed by atoms with Gasteiger partial charge in [0.2, 0.25) is 11.7 Å². The average molecular weight is 430 g/mol. The predicted molar refractivity (Wildman–Crippen MR) is 120 cm³/mol. The SMILES string of the molecule is Cc1cc(Nc2ccc(NC(=O)c3cc(-c4ccco4)on3)cc2)nc(N2CCCC2)n1. The van der Waals surface area contributed by atoms with Gasteiger partial charge in [-0.25, -0.2) is 4.98 Å². The molecular weight excluding hydrogens is 408 g/mol. The lowest BCUT2D eigenvalue weighted by Crippen LogP contribution is -2.21. The highest BCUT2D eigenvalue weighted by atomic mass is 16.5. The minimum atomic E-state index is -0.367. The summed E-state index contributed by atoms with van der Waals surface area (Å²) in [5.74, 6) is 2.04. The van der Waals surface area contributed by atoms with E-state index in [1.807, 2.05) is 37.3 Å². The Morgan fingerprint density at radius 2 is 1.78 bits per heavy atom. The van der Waals surface area contributed by atoms with Crippen LogP contribution < -0.4 is 15.5 Å². The number of hydrogen-bond acceptors (Lipinski definition) is 8. The lowest BCUT2D eigenvalue weighted by Gasteiger charge is -2.17. The zero-order valence-electron chi connectivity index (χ0n) is 17.5. The summed E-state index contributed by atoms with van der Waals surface area (Å²) in [5, 5.41) is 9.94. The van der Waals surface area contributed by atoms with Gasteiger partial charge in [-0.05, 0) is 56.2 Å². The molecule has 0 unspecified atom stereocenters. The highest BCUT2D eigenvalue weighted by Crippen LogP contribution is 2.23. The number of aromatic nitrogens is 3. The molecule has 1 fully saturated rings. The van der Waals surface area contributed by atoms with Crippen LogP contribution in [0.1, 0.15) is 29.0 Å². The Kier molecular flexibility index (Phi) is 5.29. The van der Waals surface area contributed by atoms with Crippen LogP contribution in [0.3, 0.4) is 0 Å². The third-order valence-electron chi connectivity index (χ3n) is 5.15. The molecule has 1 aliphatic rings.